The third-order valence-corrected chi connectivity index (χ3v) is 3.29. The fourth-order valence-corrected chi connectivity index (χ4v) is 2.03. The third kappa shape index (κ3) is 4.08. The Morgan fingerprint density at radius 1 is 1.25 bits per heavy atom. The van der Waals surface area contributed by atoms with E-state index in [-0.39, 0.29) is 11.9 Å². The summed E-state index contributed by atoms with van der Waals surface area (Å²) in [5.41, 5.74) is 10.8. The highest BCUT2D eigenvalue weighted by atomic mass is 16.1. The molecule has 0 aliphatic carbocycles. The largest absolute Gasteiger partial charge is 0.368 e. The molecule has 1 amide bonds. The van der Waals surface area contributed by atoms with Crippen molar-refractivity contribution in [3.05, 3.63) is 0 Å². The van der Waals surface area contributed by atoms with E-state index in [1.54, 1.807) is 0 Å². The number of nitrogens with two attached hydrogens (primary N) is 2. The van der Waals surface area contributed by atoms with Crippen molar-refractivity contribution in [1.82, 2.24) is 9.80 Å². The molecule has 0 aromatic heterocycles. The van der Waals surface area contributed by atoms with E-state index in [4.69, 9.17) is 11.5 Å². The third-order valence-electron chi connectivity index (χ3n) is 3.29. The first-order valence-electron chi connectivity index (χ1n) is 6.11. The fraction of sp³-hybridized carbons (Fsp3) is 0.909. The average Bonchev–Trinajstić information content (AvgIpc) is 2.29. The van der Waals surface area contributed by atoms with Crippen molar-refractivity contribution < 1.29 is 4.79 Å². The maximum Gasteiger partial charge on any atom is 0.234 e. The quantitative estimate of drug-likeness (QED) is 0.585. The summed E-state index contributed by atoms with van der Waals surface area (Å²) >= 11 is 0. The van der Waals surface area contributed by atoms with Crippen molar-refractivity contribution in [2.24, 2.45) is 11.5 Å². The number of piperazine rings is 1. The molecule has 0 aromatic carbocycles. The predicted octanol–water partition coefficient (Wildman–Crippen LogP) is -0.783. The Bertz CT molecular complexity index is 214. The standard InChI is InChI=1S/C11H24N4O/c1-10(11(13)16)15-8-6-14(7-9-15)5-3-2-4-12/h10H,2-9,12H2,1H3,(H2,13,16). The van der Waals surface area contributed by atoms with Crippen LogP contribution in [0.3, 0.4) is 0 Å². The number of carbonyl (C=O) groups is 1. The minimum absolute atomic E-state index is 0.133. The van der Waals surface area contributed by atoms with Gasteiger partial charge in [0, 0.05) is 26.2 Å². The lowest BCUT2D eigenvalue weighted by Crippen LogP contribution is -2.53. The summed E-state index contributed by atoms with van der Waals surface area (Å²) in [5, 5.41) is 0. The van der Waals surface area contributed by atoms with Crippen molar-refractivity contribution in [2.45, 2.75) is 25.8 Å². The number of carbonyl (C=O) groups excluding carboxylic acids is 1. The van der Waals surface area contributed by atoms with Crippen molar-refractivity contribution in [3.63, 3.8) is 0 Å². The SMILES string of the molecule is CC(C(N)=O)N1CCN(CCCCN)CC1. The number of rotatable bonds is 6. The van der Waals surface area contributed by atoms with Gasteiger partial charge in [-0.3, -0.25) is 9.69 Å². The van der Waals surface area contributed by atoms with Gasteiger partial charge in [0.25, 0.3) is 0 Å². The van der Waals surface area contributed by atoms with E-state index in [1.165, 1.54) is 6.42 Å². The van der Waals surface area contributed by atoms with Crippen LogP contribution in [0.5, 0.6) is 0 Å². The van der Waals surface area contributed by atoms with Crippen LogP contribution in [0.2, 0.25) is 0 Å². The summed E-state index contributed by atoms with van der Waals surface area (Å²) in [6, 6.07) is -0.133. The van der Waals surface area contributed by atoms with Crippen LogP contribution in [0, 0.1) is 0 Å². The zero-order chi connectivity index (χ0) is 12.0. The van der Waals surface area contributed by atoms with Gasteiger partial charge < -0.3 is 16.4 Å². The van der Waals surface area contributed by atoms with Crippen molar-refractivity contribution >= 4 is 5.91 Å². The molecule has 1 fully saturated rings. The Labute approximate surface area is 97.7 Å². The minimum Gasteiger partial charge on any atom is -0.368 e. The molecular formula is C11H24N4O. The molecule has 1 aliphatic heterocycles. The molecular weight excluding hydrogens is 204 g/mol. The Morgan fingerprint density at radius 3 is 2.38 bits per heavy atom. The van der Waals surface area contributed by atoms with Gasteiger partial charge in [-0.25, -0.2) is 0 Å². The fourth-order valence-electron chi connectivity index (χ4n) is 2.03. The van der Waals surface area contributed by atoms with Crippen LogP contribution in [0.15, 0.2) is 0 Å². The Hall–Kier alpha value is -0.650. The molecule has 5 heteroatoms. The van der Waals surface area contributed by atoms with Gasteiger partial charge in [0.05, 0.1) is 6.04 Å². The van der Waals surface area contributed by atoms with Gasteiger partial charge in [-0.15, -0.1) is 0 Å². The summed E-state index contributed by atoms with van der Waals surface area (Å²) in [4.78, 5) is 15.6. The molecule has 1 aliphatic rings. The van der Waals surface area contributed by atoms with Crippen LogP contribution in [-0.4, -0.2) is 61.0 Å². The molecule has 1 rings (SSSR count). The maximum absolute atomic E-state index is 11.0. The average molecular weight is 228 g/mol. The van der Waals surface area contributed by atoms with Crippen LogP contribution in [0.4, 0.5) is 0 Å². The topological polar surface area (TPSA) is 75.6 Å². The van der Waals surface area contributed by atoms with E-state index in [0.717, 1.165) is 45.7 Å². The predicted molar refractivity (Wildman–Crippen MR) is 65.0 cm³/mol. The molecule has 1 atom stereocenters. The molecule has 1 heterocycles. The van der Waals surface area contributed by atoms with Crippen LogP contribution in [0.1, 0.15) is 19.8 Å². The number of primary amides is 1. The smallest absolute Gasteiger partial charge is 0.234 e. The first-order chi connectivity index (χ1) is 7.65. The van der Waals surface area contributed by atoms with E-state index in [9.17, 15) is 4.79 Å². The molecule has 0 saturated carbocycles. The lowest BCUT2D eigenvalue weighted by atomic mass is 10.2. The molecule has 1 unspecified atom stereocenters. The molecule has 0 bridgehead atoms. The lowest BCUT2D eigenvalue weighted by Gasteiger charge is -2.36. The van der Waals surface area contributed by atoms with E-state index in [2.05, 4.69) is 9.80 Å². The van der Waals surface area contributed by atoms with E-state index in [0.29, 0.717) is 0 Å². The number of nitrogens with zero attached hydrogens (tertiary/aromatic N) is 2. The molecule has 5 nitrogen and oxygen atoms in total. The van der Waals surface area contributed by atoms with Crippen LogP contribution in [-0.2, 0) is 4.79 Å². The van der Waals surface area contributed by atoms with Crippen molar-refractivity contribution in [1.29, 1.82) is 0 Å². The summed E-state index contributed by atoms with van der Waals surface area (Å²) in [7, 11) is 0. The van der Waals surface area contributed by atoms with E-state index in [1.807, 2.05) is 6.92 Å². The van der Waals surface area contributed by atoms with Gasteiger partial charge in [-0.1, -0.05) is 0 Å². The second kappa shape index (κ2) is 6.83. The van der Waals surface area contributed by atoms with Crippen molar-refractivity contribution in [3.8, 4) is 0 Å². The van der Waals surface area contributed by atoms with Gasteiger partial charge in [0.2, 0.25) is 5.91 Å². The molecule has 94 valence electrons. The highest BCUT2D eigenvalue weighted by Gasteiger charge is 2.23. The first kappa shape index (κ1) is 13.4. The van der Waals surface area contributed by atoms with Gasteiger partial charge >= 0.3 is 0 Å². The number of amides is 1. The van der Waals surface area contributed by atoms with Gasteiger partial charge in [0.1, 0.15) is 0 Å². The zero-order valence-electron chi connectivity index (χ0n) is 10.2. The molecule has 4 N–H and O–H groups in total. The first-order valence-corrected chi connectivity index (χ1v) is 6.11. The molecule has 16 heavy (non-hydrogen) atoms. The summed E-state index contributed by atoms with van der Waals surface area (Å²) < 4.78 is 0. The monoisotopic (exact) mass is 228 g/mol. The summed E-state index contributed by atoms with van der Waals surface area (Å²) in [5.74, 6) is -0.225. The zero-order valence-corrected chi connectivity index (χ0v) is 10.2. The van der Waals surface area contributed by atoms with Crippen molar-refractivity contribution in [2.75, 3.05) is 39.3 Å². The van der Waals surface area contributed by atoms with Gasteiger partial charge in [-0.05, 0) is 32.9 Å². The number of hydrogen-bond donors (Lipinski definition) is 2. The summed E-state index contributed by atoms with van der Waals surface area (Å²) in [6.45, 7) is 7.71. The summed E-state index contributed by atoms with van der Waals surface area (Å²) in [6.07, 6.45) is 2.26. The van der Waals surface area contributed by atoms with Crippen LogP contribution >= 0.6 is 0 Å². The Kier molecular flexibility index (Phi) is 5.73. The molecule has 0 radical (unpaired) electrons. The van der Waals surface area contributed by atoms with E-state index < -0.39 is 0 Å². The normalized spacial score (nSPS) is 20.9. The molecule has 0 aromatic rings. The Balaban J connectivity index is 2.20. The van der Waals surface area contributed by atoms with Crippen LogP contribution in [0.25, 0.3) is 0 Å². The number of hydrogen-bond acceptors (Lipinski definition) is 4. The highest BCUT2D eigenvalue weighted by Crippen LogP contribution is 2.06. The second-order valence-electron chi connectivity index (χ2n) is 4.45. The highest BCUT2D eigenvalue weighted by molar-refractivity contribution is 5.79. The maximum atomic E-state index is 11.0. The molecule has 0 spiro atoms. The minimum atomic E-state index is -0.225. The Morgan fingerprint density at radius 2 is 1.88 bits per heavy atom. The number of unbranched alkanes of at least 4 members (excludes halogenated alkanes) is 1. The van der Waals surface area contributed by atoms with Gasteiger partial charge in [0.15, 0.2) is 0 Å². The molecule has 1 saturated heterocycles. The van der Waals surface area contributed by atoms with Gasteiger partial charge in [-0.2, -0.15) is 0 Å². The second-order valence-corrected chi connectivity index (χ2v) is 4.45. The van der Waals surface area contributed by atoms with Crippen LogP contribution < -0.4 is 11.5 Å². The lowest BCUT2D eigenvalue weighted by molar-refractivity contribution is -0.123. The van der Waals surface area contributed by atoms with E-state index >= 15 is 0 Å².